The van der Waals surface area contributed by atoms with Crippen molar-refractivity contribution >= 4 is 17.9 Å². The van der Waals surface area contributed by atoms with Gasteiger partial charge in [-0.1, -0.05) is 214 Å². The van der Waals surface area contributed by atoms with Crippen molar-refractivity contribution in [3.8, 4) is 0 Å². The van der Waals surface area contributed by atoms with Gasteiger partial charge in [0.05, 0.1) is 32.5 Å². The number of aliphatic hydroxyl groups excluding tert-OH is 2. The number of aliphatic carboxylic acids is 1. The number of hydrazine groups is 1. The van der Waals surface area contributed by atoms with E-state index >= 15 is 0 Å². The van der Waals surface area contributed by atoms with Crippen LogP contribution in [0.15, 0.2) is 0 Å². The lowest BCUT2D eigenvalue weighted by Gasteiger charge is -2.67. The molecule has 0 aromatic heterocycles. The van der Waals surface area contributed by atoms with E-state index in [9.17, 15) is 29.7 Å². The van der Waals surface area contributed by atoms with Gasteiger partial charge >= 0.3 is 17.9 Å². The van der Waals surface area contributed by atoms with Crippen molar-refractivity contribution < 1.29 is 39.2 Å². The minimum Gasteiger partial charge on any atom is -0.480 e. The highest BCUT2D eigenvalue weighted by atomic mass is 16.5. The number of piperidine rings is 1. The van der Waals surface area contributed by atoms with Crippen molar-refractivity contribution in [1.82, 2.24) is 15.3 Å². The zero-order chi connectivity index (χ0) is 50.9. The summed E-state index contributed by atoms with van der Waals surface area (Å²) in [5, 5.41) is 32.5. The minimum atomic E-state index is -0.979. The van der Waals surface area contributed by atoms with Crippen LogP contribution in [0.1, 0.15) is 272 Å². The first kappa shape index (κ1) is 64.3. The van der Waals surface area contributed by atoms with Crippen LogP contribution in [0.5, 0.6) is 0 Å². The predicted octanol–water partition coefficient (Wildman–Crippen LogP) is 13.8. The third-order valence-corrected chi connectivity index (χ3v) is 16.0. The quantitative estimate of drug-likeness (QED) is 0.0341. The van der Waals surface area contributed by atoms with E-state index in [1.807, 2.05) is 0 Å². The summed E-state index contributed by atoms with van der Waals surface area (Å²) in [6.07, 6.45) is 44.3. The highest BCUT2D eigenvalue weighted by Crippen LogP contribution is 2.53. The fourth-order valence-corrected chi connectivity index (χ4v) is 11.6. The average Bonchev–Trinajstić information content (AvgIpc) is 3.34. The maximum Gasteiger partial charge on any atom is 0.322 e. The first-order chi connectivity index (χ1) is 34.3. The summed E-state index contributed by atoms with van der Waals surface area (Å²) < 4.78 is 11.9. The highest BCUT2D eigenvalue weighted by molar-refractivity contribution is 5.75. The van der Waals surface area contributed by atoms with Crippen LogP contribution in [-0.2, 0) is 23.9 Å². The molecule has 11 nitrogen and oxygen atoms in total. The van der Waals surface area contributed by atoms with Crippen LogP contribution in [-0.4, -0.2) is 107 Å². The molecular weight excluding hydrogens is 879 g/mol. The molecule has 5 atom stereocenters. The lowest BCUT2D eigenvalue weighted by molar-refractivity contribution is -0.220. The van der Waals surface area contributed by atoms with Gasteiger partial charge in [-0.25, -0.2) is 5.01 Å². The second-order valence-corrected chi connectivity index (χ2v) is 22.0. The number of nitrogens with one attached hydrogen (secondary N) is 1. The molecule has 1 aliphatic carbocycles. The van der Waals surface area contributed by atoms with Crippen molar-refractivity contribution in [2.45, 2.75) is 290 Å². The fourth-order valence-electron chi connectivity index (χ4n) is 11.6. The molecule has 0 aromatic carbocycles. The van der Waals surface area contributed by atoms with Crippen molar-refractivity contribution in [3.05, 3.63) is 0 Å². The van der Waals surface area contributed by atoms with Crippen molar-refractivity contribution in [1.29, 1.82) is 0 Å². The van der Waals surface area contributed by atoms with E-state index in [-0.39, 0.29) is 56.1 Å². The molecule has 0 aromatic rings. The number of hydrogen-bond acceptors (Lipinski definition) is 10. The lowest BCUT2D eigenvalue weighted by Crippen LogP contribution is -2.81. The lowest BCUT2D eigenvalue weighted by atomic mass is 9.56. The Labute approximate surface area is 430 Å². The standard InChI is InChI=1S/C59H113N3O8/c1-5-9-13-17-21-26-32-36-50(37-33-27-22-18-14-10-6-2)48-69-54(65)40-34-28-23-29-35-41-60-62-53-46-52(56(53)57(62)58(59(67)68)61(42-44-63)43-45-64)47-55(66)70-49-51(38-30-24-19-15-11-7-3)39-31-25-20-16-12-8-4/h50-53,56-58,60,63-64H,5-49H2,1-4H3,(H,67,68)/t52-,53-,56-,57-,58-/m1/s1. The summed E-state index contributed by atoms with van der Waals surface area (Å²) in [4.78, 5) is 40.9. The van der Waals surface area contributed by atoms with Crippen LogP contribution in [0.25, 0.3) is 0 Å². The molecule has 0 radical (unpaired) electrons. The topological polar surface area (TPSA) is 149 Å². The summed E-state index contributed by atoms with van der Waals surface area (Å²) in [6, 6.07) is -1.18. The van der Waals surface area contributed by atoms with Crippen LogP contribution in [0.2, 0.25) is 0 Å². The number of carbonyl (C=O) groups excluding carboxylic acids is 2. The highest BCUT2D eigenvalue weighted by Gasteiger charge is 2.63. The third-order valence-electron chi connectivity index (χ3n) is 16.0. The van der Waals surface area contributed by atoms with Crippen LogP contribution in [0, 0.1) is 23.7 Å². The molecule has 1 aliphatic heterocycles. The van der Waals surface area contributed by atoms with Crippen LogP contribution in [0.3, 0.4) is 0 Å². The Balaban J connectivity index is 1.84. The van der Waals surface area contributed by atoms with Crippen LogP contribution < -0.4 is 5.43 Å². The van der Waals surface area contributed by atoms with E-state index in [2.05, 4.69) is 38.1 Å². The summed E-state index contributed by atoms with van der Waals surface area (Å²) in [6.45, 7) is 10.7. The molecule has 4 N–H and O–H groups in total. The fraction of sp³-hybridized carbons (Fsp3) is 0.949. The molecule has 0 amide bonds. The summed E-state index contributed by atoms with van der Waals surface area (Å²) in [5.74, 6) is -0.290. The van der Waals surface area contributed by atoms with E-state index in [0.717, 1.165) is 51.4 Å². The first-order valence-electron chi connectivity index (χ1n) is 30.3. The molecule has 412 valence electrons. The molecule has 11 heteroatoms. The normalized spacial score (nSPS) is 18.3. The number of carbonyl (C=O) groups is 3. The van der Waals surface area contributed by atoms with Crippen molar-refractivity contribution in [2.75, 3.05) is 46.1 Å². The monoisotopic (exact) mass is 992 g/mol. The Morgan fingerprint density at radius 1 is 0.543 bits per heavy atom. The van der Waals surface area contributed by atoms with Crippen molar-refractivity contribution in [3.63, 3.8) is 0 Å². The number of rotatable bonds is 52. The minimum absolute atomic E-state index is 0.0127. The van der Waals surface area contributed by atoms with E-state index < -0.39 is 18.1 Å². The SMILES string of the molecule is CCCCCCCCCC(CCCCCCCCC)COC(=O)CCCCCCCNN1[C@@H]([C@H](C(=O)O)N(CCO)CCO)[C@@H]2[C@@H](CC(=O)OCC(CCCCCCCC)CCCCCCCC)C[C@H]21. The van der Waals surface area contributed by atoms with Gasteiger partial charge in [-0.15, -0.1) is 0 Å². The Bertz CT molecular complexity index is 1220. The smallest absolute Gasteiger partial charge is 0.322 e. The molecule has 0 spiro atoms. The van der Waals surface area contributed by atoms with Gasteiger partial charge in [0, 0.05) is 38.5 Å². The molecule has 70 heavy (non-hydrogen) atoms. The van der Waals surface area contributed by atoms with Gasteiger partial charge in [0.2, 0.25) is 0 Å². The summed E-state index contributed by atoms with van der Waals surface area (Å²) in [7, 11) is 0. The number of hydrogen-bond donors (Lipinski definition) is 4. The molecule has 1 heterocycles. The molecule has 0 bridgehead atoms. The maximum absolute atomic E-state index is 13.5. The third kappa shape index (κ3) is 28.6. The number of esters is 2. The second-order valence-electron chi connectivity index (χ2n) is 22.0. The van der Waals surface area contributed by atoms with E-state index in [4.69, 9.17) is 9.47 Å². The Kier molecular flexibility index (Phi) is 40.1. The number of ether oxygens (including phenoxy) is 2. The predicted molar refractivity (Wildman–Crippen MR) is 289 cm³/mol. The zero-order valence-corrected chi connectivity index (χ0v) is 46.1. The molecule has 2 fully saturated rings. The van der Waals surface area contributed by atoms with Crippen LogP contribution >= 0.6 is 0 Å². The number of carboxylic acid groups (broad SMARTS) is 1. The van der Waals surface area contributed by atoms with E-state index in [1.54, 1.807) is 4.90 Å². The first-order valence-corrected chi connectivity index (χ1v) is 30.3. The number of nitrogens with zero attached hydrogens (tertiary/aromatic N) is 2. The number of unbranched alkanes of at least 4 members (excludes halogenated alkanes) is 26. The molecular formula is C59H113N3O8. The molecule has 2 aliphatic rings. The largest absolute Gasteiger partial charge is 0.480 e. The maximum atomic E-state index is 13.5. The molecule has 1 saturated carbocycles. The van der Waals surface area contributed by atoms with Gasteiger partial charge in [0.15, 0.2) is 0 Å². The zero-order valence-electron chi connectivity index (χ0n) is 46.1. The molecule has 1 saturated heterocycles. The van der Waals surface area contributed by atoms with Gasteiger partial charge in [-0.2, -0.15) is 0 Å². The van der Waals surface area contributed by atoms with Gasteiger partial charge in [-0.05, 0) is 68.6 Å². The average molecular weight is 993 g/mol. The van der Waals surface area contributed by atoms with Crippen LogP contribution in [0.4, 0.5) is 0 Å². The second kappa shape index (κ2) is 43.6. The number of carboxylic acids is 1. The van der Waals surface area contributed by atoms with Gasteiger partial charge in [-0.3, -0.25) is 24.7 Å². The summed E-state index contributed by atoms with van der Waals surface area (Å²) in [5.41, 5.74) is 3.58. The van der Waals surface area contributed by atoms with E-state index in [1.165, 1.54) is 180 Å². The molecule has 2 rings (SSSR count). The summed E-state index contributed by atoms with van der Waals surface area (Å²) >= 11 is 0. The van der Waals surface area contributed by atoms with E-state index in [0.29, 0.717) is 44.4 Å². The number of fused-ring (bicyclic) bond motifs is 1. The van der Waals surface area contributed by atoms with Gasteiger partial charge in [0.1, 0.15) is 6.04 Å². The molecule has 0 unspecified atom stereocenters. The van der Waals surface area contributed by atoms with Gasteiger partial charge in [0.25, 0.3) is 0 Å². The Morgan fingerprint density at radius 3 is 1.34 bits per heavy atom. The Morgan fingerprint density at radius 2 is 0.929 bits per heavy atom. The van der Waals surface area contributed by atoms with Crippen molar-refractivity contribution in [2.24, 2.45) is 23.7 Å². The van der Waals surface area contributed by atoms with Gasteiger partial charge < -0.3 is 24.8 Å². The Hall–Kier alpha value is -1.79. The number of aliphatic hydroxyl groups is 2.